The van der Waals surface area contributed by atoms with Crippen LogP contribution in [-0.4, -0.2) is 31.7 Å². The molecule has 0 atom stereocenters. The lowest BCUT2D eigenvalue weighted by molar-refractivity contribution is -0.124. The zero-order valence-electron chi connectivity index (χ0n) is 19.0. The van der Waals surface area contributed by atoms with Gasteiger partial charge in [0.2, 0.25) is 11.8 Å². The van der Waals surface area contributed by atoms with E-state index in [1.807, 2.05) is 42.5 Å². The van der Waals surface area contributed by atoms with E-state index in [0.717, 1.165) is 34.9 Å². The Balaban J connectivity index is 1.59. The standard InChI is InChI=1S/C26H29N3O4/c1-3-4-17-33-23-14-13-19-9-5-6-10-20(19)21(23)18-27-29-26(31)16-15-25(30)28-22-11-7-8-12-24(22)32-2/h5-14,18H,3-4,15-17H2,1-2H3,(H,28,30)(H,29,31). The van der Waals surface area contributed by atoms with E-state index in [0.29, 0.717) is 18.0 Å². The molecule has 7 heteroatoms. The fraction of sp³-hybridized carbons (Fsp3) is 0.269. The average Bonchev–Trinajstić information content (AvgIpc) is 2.84. The molecule has 0 saturated carbocycles. The number of rotatable bonds is 11. The fourth-order valence-electron chi connectivity index (χ4n) is 3.27. The number of benzene rings is 3. The number of nitrogens with zero attached hydrogens (tertiary/aromatic N) is 1. The van der Waals surface area contributed by atoms with Crippen LogP contribution >= 0.6 is 0 Å². The number of carbonyl (C=O) groups is 2. The first-order valence-corrected chi connectivity index (χ1v) is 11.0. The molecule has 0 aromatic heterocycles. The van der Waals surface area contributed by atoms with Crippen LogP contribution in [-0.2, 0) is 9.59 Å². The number of hydrogen-bond acceptors (Lipinski definition) is 5. The Kier molecular flexibility index (Phi) is 8.82. The topological polar surface area (TPSA) is 89.0 Å². The molecule has 0 aliphatic carbocycles. The zero-order valence-corrected chi connectivity index (χ0v) is 19.0. The number of methoxy groups -OCH3 is 1. The van der Waals surface area contributed by atoms with E-state index < -0.39 is 0 Å². The van der Waals surface area contributed by atoms with Crippen molar-refractivity contribution in [2.75, 3.05) is 19.0 Å². The van der Waals surface area contributed by atoms with Crippen LogP contribution < -0.4 is 20.2 Å². The summed E-state index contributed by atoms with van der Waals surface area (Å²) in [6.45, 7) is 2.72. The highest BCUT2D eigenvalue weighted by Gasteiger charge is 2.10. The van der Waals surface area contributed by atoms with Gasteiger partial charge in [-0.3, -0.25) is 9.59 Å². The van der Waals surface area contributed by atoms with E-state index in [1.165, 1.54) is 7.11 Å². The number of para-hydroxylation sites is 2. The second kappa shape index (κ2) is 12.2. The lowest BCUT2D eigenvalue weighted by Crippen LogP contribution is -2.20. The summed E-state index contributed by atoms with van der Waals surface area (Å²) in [5.41, 5.74) is 3.87. The SMILES string of the molecule is CCCCOc1ccc2ccccc2c1C=NNC(=O)CCC(=O)Nc1ccccc1OC. The van der Waals surface area contributed by atoms with Crippen molar-refractivity contribution in [3.05, 3.63) is 66.2 Å². The molecule has 2 N–H and O–H groups in total. The van der Waals surface area contributed by atoms with E-state index in [2.05, 4.69) is 22.8 Å². The molecule has 0 aliphatic rings. The first-order chi connectivity index (χ1) is 16.1. The lowest BCUT2D eigenvalue weighted by atomic mass is 10.0. The molecule has 33 heavy (non-hydrogen) atoms. The van der Waals surface area contributed by atoms with Crippen molar-refractivity contribution in [3.63, 3.8) is 0 Å². The summed E-state index contributed by atoms with van der Waals surface area (Å²) in [6, 6.07) is 19.0. The van der Waals surface area contributed by atoms with Crippen LogP contribution in [0.3, 0.4) is 0 Å². The molecule has 3 rings (SSSR count). The van der Waals surface area contributed by atoms with Crippen molar-refractivity contribution in [2.45, 2.75) is 32.6 Å². The van der Waals surface area contributed by atoms with Crippen molar-refractivity contribution >= 4 is 34.5 Å². The Morgan fingerprint density at radius 2 is 1.70 bits per heavy atom. The maximum atomic E-state index is 12.2. The Labute approximate surface area is 193 Å². The van der Waals surface area contributed by atoms with E-state index in [1.54, 1.807) is 24.4 Å². The van der Waals surface area contributed by atoms with E-state index in [9.17, 15) is 9.59 Å². The Morgan fingerprint density at radius 3 is 2.52 bits per heavy atom. The predicted octanol–water partition coefficient (Wildman–Crippen LogP) is 4.90. The highest BCUT2D eigenvalue weighted by atomic mass is 16.5. The van der Waals surface area contributed by atoms with Crippen LogP contribution in [0.25, 0.3) is 10.8 Å². The molecule has 0 radical (unpaired) electrons. The summed E-state index contributed by atoms with van der Waals surface area (Å²) in [7, 11) is 1.53. The summed E-state index contributed by atoms with van der Waals surface area (Å²) in [4.78, 5) is 24.4. The van der Waals surface area contributed by atoms with Gasteiger partial charge in [0.25, 0.3) is 0 Å². The number of unbranched alkanes of at least 4 members (excludes halogenated alkanes) is 1. The number of hydrogen-bond donors (Lipinski definition) is 2. The molecule has 0 bridgehead atoms. The van der Waals surface area contributed by atoms with Crippen LogP contribution in [0.2, 0.25) is 0 Å². The third-order valence-corrected chi connectivity index (χ3v) is 5.03. The van der Waals surface area contributed by atoms with Crippen LogP contribution in [0.5, 0.6) is 11.5 Å². The van der Waals surface area contributed by atoms with Gasteiger partial charge in [-0.2, -0.15) is 5.10 Å². The van der Waals surface area contributed by atoms with Crippen molar-refractivity contribution < 1.29 is 19.1 Å². The molecule has 0 heterocycles. The molecule has 172 valence electrons. The van der Waals surface area contributed by atoms with Gasteiger partial charge in [-0.05, 0) is 35.4 Å². The van der Waals surface area contributed by atoms with Crippen molar-refractivity contribution in [1.29, 1.82) is 0 Å². The molecule has 0 saturated heterocycles. The molecule has 0 spiro atoms. The number of amides is 2. The lowest BCUT2D eigenvalue weighted by Gasteiger charge is -2.11. The van der Waals surface area contributed by atoms with Gasteiger partial charge in [-0.15, -0.1) is 0 Å². The highest BCUT2D eigenvalue weighted by Crippen LogP contribution is 2.27. The van der Waals surface area contributed by atoms with Crippen LogP contribution in [0.4, 0.5) is 5.69 Å². The van der Waals surface area contributed by atoms with E-state index in [-0.39, 0.29) is 24.7 Å². The summed E-state index contributed by atoms with van der Waals surface area (Å²) >= 11 is 0. The number of carbonyl (C=O) groups excluding carboxylic acids is 2. The second-order valence-corrected chi connectivity index (χ2v) is 7.44. The van der Waals surface area contributed by atoms with E-state index in [4.69, 9.17) is 9.47 Å². The molecular formula is C26H29N3O4. The minimum absolute atomic E-state index is 0.00766. The van der Waals surface area contributed by atoms with Gasteiger partial charge in [0.15, 0.2) is 0 Å². The van der Waals surface area contributed by atoms with Gasteiger partial charge in [-0.25, -0.2) is 5.43 Å². The summed E-state index contributed by atoms with van der Waals surface area (Å²) < 4.78 is 11.1. The van der Waals surface area contributed by atoms with Crippen molar-refractivity contribution in [2.24, 2.45) is 5.10 Å². The zero-order chi connectivity index (χ0) is 23.5. The molecule has 3 aromatic rings. The second-order valence-electron chi connectivity index (χ2n) is 7.44. The third kappa shape index (κ3) is 6.80. The van der Waals surface area contributed by atoms with Crippen LogP contribution in [0.1, 0.15) is 38.2 Å². The van der Waals surface area contributed by atoms with Gasteiger partial charge in [-0.1, -0.05) is 55.8 Å². The number of ether oxygens (including phenoxy) is 2. The first-order valence-electron chi connectivity index (χ1n) is 11.0. The molecule has 0 aliphatic heterocycles. The molecule has 2 amide bonds. The normalized spacial score (nSPS) is 10.8. The summed E-state index contributed by atoms with van der Waals surface area (Å²) in [6.07, 6.45) is 3.62. The van der Waals surface area contributed by atoms with Gasteiger partial charge in [0.05, 0.1) is 25.6 Å². The largest absolute Gasteiger partial charge is 0.495 e. The van der Waals surface area contributed by atoms with Crippen molar-refractivity contribution in [1.82, 2.24) is 5.43 Å². The minimum atomic E-state index is -0.352. The quantitative estimate of drug-likeness (QED) is 0.249. The highest BCUT2D eigenvalue weighted by molar-refractivity contribution is 6.02. The maximum Gasteiger partial charge on any atom is 0.240 e. The molecule has 0 unspecified atom stereocenters. The van der Waals surface area contributed by atoms with Crippen LogP contribution in [0.15, 0.2) is 65.8 Å². The van der Waals surface area contributed by atoms with Gasteiger partial charge in [0, 0.05) is 18.4 Å². The summed E-state index contributed by atoms with van der Waals surface area (Å²) in [5.74, 6) is 0.651. The molecule has 0 fully saturated rings. The minimum Gasteiger partial charge on any atom is -0.495 e. The smallest absolute Gasteiger partial charge is 0.240 e. The number of hydrazone groups is 1. The first kappa shape index (κ1) is 23.8. The number of fused-ring (bicyclic) bond motifs is 1. The average molecular weight is 448 g/mol. The van der Waals surface area contributed by atoms with Crippen molar-refractivity contribution in [3.8, 4) is 11.5 Å². The maximum absolute atomic E-state index is 12.2. The Hall–Kier alpha value is -3.87. The van der Waals surface area contributed by atoms with Gasteiger partial charge < -0.3 is 14.8 Å². The molecule has 7 nitrogen and oxygen atoms in total. The monoisotopic (exact) mass is 447 g/mol. The van der Waals surface area contributed by atoms with Gasteiger partial charge in [0.1, 0.15) is 11.5 Å². The fourth-order valence-corrected chi connectivity index (χ4v) is 3.27. The summed E-state index contributed by atoms with van der Waals surface area (Å²) in [5, 5.41) is 8.91. The number of nitrogens with one attached hydrogen (secondary N) is 2. The number of anilines is 1. The van der Waals surface area contributed by atoms with Crippen LogP contribution in [0, 0.1) is 0 Å². The van der Waals surface area contributed by atoms with E-state index >= 15 is 0 Å². The Bertz CT molecular complexity index is 1130. The molecule has 3 aromatic carbocycles. The Morgan fingerprint density at radius 1 is 0.939 bits per heavy atom. The third-order valence-electron chi connectivity index (χ3n) is 5.03. The molecular weight excluding hydrogens is 418 g/mol. The van der Waals surface area contributed by atoms with Gasteiger partial charge >= 0.3 is 0 Å². The predicted molar refractivity (Wildman–Crippen MR) is 131 cm³/mol.